The van der Waals surface area contributed by atoms with E-state index in [2.05, 4.69) is 5.10 Å². The summed E-state index contributed by atoms with van der Waals surface area (Å²) in [7, 11) is 3.62. The van der Waals surface area contributed by atoms with Crippen LogP contribution >= 0.6 is 0 Å². The molecule has 0 aliphatic rings. The van der Waals surface area contributed by atoms with Gasteiger partial charge in [-0.1, -0.05) is 30.3 Å². The standard InChI is InChI=1S/C18H19N3O2/c1-20(12-16-9-10-19-21(16)2)18(22)13-23-17-8-7-14-5-3-4-6-15(14)11-17/h3-11H,12-13H2,1-2H3. The lowest BCUT2D eigenvalue weighted by molar-refractivity contribution is -0.132. The van der Waals surface area contributed by atoms with Gasteiger partial charge in [0.15, 0.2) is 6.61 Å². The van der Waals surface area contributed by atoms with Gasteiger partial charge in [-0.2, -0.15) is 5.10 Å². The molecule has 0 spiro atoms. The third kappa shape index (κ3) is 3.51. The van der Waals surface area contributed by atoms with Gasteiger partial charge in [0.25, 0.3) is 5.91 Å². The molecule has 3 rings (SSSR count). The molecule has 0 saturated heterocycles. The summed E-state index contributed by atoms with van der Waals surface area (Å²) in [6.07, 6.45) is 1.72. The lowest BCUT2D eigenvalue weighted by Crippen LogP contribution is -2.31. The Labute approximate surface area is 135 Å². The van der Waals surface area contributed by atoms with Gasteiger partial charge in [0, 0.05) is 20.3 Å². The molecular weight excluding hydrogens is 290 g/mol. The Morgan fingerprint density at radius 2 is 1.96 bits per heavy atom. The number of aromatic nitrogens is 2. The Morgan fingerprint density at radius 3 is 2.70 bits per heavy atom. The summed E-state index contributed by atoms with van der Waals surface area (Å²) in [5.74, 6) is 0.630. The van der Waals surface area contributed by atoms with Crippen molar-refractivity contribution >= 4 is 16.7 Å². The molecule has 0 radical (unpaired) electrons. The van der Waals surface area contributed by atoms with E-state index in [4.69, 9.17) is 4.74 Å². The number of hydrogen-bond acceptors (Lipinski definition) is 3. The number of fused-ring (bicyclic) bond motifs is 1. The SMILES string of the molecule is CN(Cc1ccnn1C)C(=O)COc1ccc2ccccc2c1. The highest BCUT2D eigenvalue weighted by atomic mass is 16.5. The lowest BCUT2D eigenvalue weighted by Gasteiger charge is -2.17. The minimum atomic E-state index is -0.0700. The summed E-state index contributed by atoms with van der Waals surface area (Å²) >= 11 is 0. The summed E-state index contributed by atoms with van der Waals surface area (Å²) < 4.78 is 7.39. The zero-order chi connectivity index (χ0) is 16.2. The molecule has 5 heteroatoms. The molecule has 0 N–H and O–H groups in total. The molecule has 0 aliphatic carbocycles. The zero-order valence-corrected chi connectivity index (χ0v) is 13.3. The normalized spacial score (nSPS) is 10.7. The summed E-state index contributed by atoms with van der Waals surface area (Å²) in [5, 5.41) is 6.35. The van der Waals surface area contributed by atoms with Gasteiger partial charge >= 0.3 is 0 Å². The molecule has 0 bridgehead atoms. The quantitative estimate of drug-likeness (QED) is 0.728. The second-order valence-electron chi connectivity index (χ2n) is 5.49. The number of likely N-dealkylation sites (N-methyl/N-ethyl adjacent to an activating group) is 1. The van der Waals surface area contributed by atoms with Gasteiger partial charge in [-0.15, -0.1) is 0 Å². The molecule has 2 aromatic carbocycles. The van der Waals surface area contributed by atoms with Crippen LogP contribution in [0.15, 0.2) is 54.7 Å². The molecule has 0 saturated carbocycles. The summed E-state index contributed by atoms with van der Waals surface area (Å²) in [5.41, 5.74) is 0.978. The fourth-order valence-electron chi connectivity index (χ4n) is 2.40. The number of benzene rings is 2. The second kappa shape index (κ2) is 6.52. The van der Waals surface area contributed by atoms with Gasteiger partial charge < -0.3 is 9.64 Å². The molecular formula is C18H19N3O2. The van der Waals surface area contributed by atoms with E-state index in [1.165, 1.54) is 0 Å². The Balaban J connectivity index is 1.60. The maximum atomic E-state index is 12.2. The van der Waals surface area contributed by atoms with Crippen LogP contribution in [-0.4, -0.2) is 34.2 Å². The van der Waals surface area contributed by atoms with E-state index in [1.54, 1.807) is 22.8 Å². The van der Waals surface area contributed by atoms with Gasteiger partial charge in [-0.25, -0.2) is 0 Å². The van der Waals surface area contributed by atoms with Crippen molar-refractivity contribution in [3.05, 3.63) is 60.4 Å². The van der Waals surface area contributed by atoms with Crippen molar-refractivity contribution in [2.45, 2.75) is 6.54 Å². The smallest absolute Gasteiger partial charge is 0.260 e. The van der Waals surface area contributed by atoms with Crippen LogP contribution in [0.1, 0.15) is 5.69 Å². The summed E-state index contributed by atoms with van der Waals surface area (Å²) in [6.45, 7) is 0.531. The minimum absolute atomic E-state index is 0.0205. The number of carbonyl (C=O) groups excluding carboxylic acids is 1. The fraction of sp³-hybridized carbons (Fsp3) is 0.222. The number of amides is 1. The first kappa shape index (κ1) is 15.1. The van der Waals surface area contributed by atoms with Crippen LogP contribution in [0.5, 0.6) is 5.75 Å². The van der Waals surface area contributed by atoms with Crippen LogP contribution in [0.2, 0.25) is 0 Å². The van der Waals surface area contributed by atoms with E-state index < -0.39 is 0 Å². The summed E-state index contributed by atoms with van der Waals surface area (Å²) in [6, 6.07) is 15.8. The first-order valence-electron chi connectivity index (χ1n) is 7.46. The molecule has 0 unspecified atom stereocenters. The number of nitrogens with zero attached hydrogens (tertiary/aromatic N) is 3. The maximum absolute atomic E-state index is 12.2. The molecule has 5 nitrogen and oxygen atoms in total. The van der Waals surface area contributed by atoms with Crippen LogP contribution < -0.4 is 4.74 Å². The molecule has 1 heterocycles. The highest BCUT2D eigenvalue weighted by Gasteiger charge is 2.12. The molecule has 1 aromatic heterocycles. The number of carbonyl (C=O) groups is 1. The summed E-state index contributed by atoms with van der Waals surface area (Å²) in [4.78, 5) is 13.8. The Bertz CT molecular complexity index is 826. The predicted octanol–water partition coefficient (Wildman–Crippen LogP) is 2.61. The molecule has 1 amide bonds. The van der Waals surface area contributed by atoms with Crippen molar-refractivity contribution in [2.24, 2.45) is 7.05 Å². The van der Waals surface area contributed by atoms with Crippen molar-refractivity contribution < 1.29 is 9.53 Å². The van der Waals surface area contributed by atoms with Crippen molar-refractivity contribution in [1.82, 2.24) is 14.7 Å². The first-order valence-corrected chi connectivity index (χ1v) is 7.46. The van der Waals surface area contributed by atoms with Gasteiger partial charge in [-0.3, -0.25) is 9.48 Å². The topological polar surface area (TPSA) is 47.4 Å². The molecule has 0 aliphatic heterocycles. The average Bonchev–Trinajstić information content (AvgIpc) is 2.97. The molecule has 118 valence electrons. The first-order chi connectivity index (χ1) is 11.1. The van der Waals surface area contributed by atoms with Gasteiger partial charge in [0.2, 0.25) is 0 Å². The Kier molecular flexibility index (Phi) is 4.28. The number of aryl methyl sites for hydroxylation is 1. The van der Waals surface area contributed by atoms with Gasteiger partial charge in [0.05, 0.1) is 12.2 Å². The highest BCUT2D eigenvalue weighted by Crippen LogP contribution is 2.20. The molecule has 3 aromatic rings. The molecule has 23 heavy (non-hydrogen) atoms. The van der Waals surface area contributed by atoms with E-state index in [1.807, 2.05) is 55.6 Å². The Hall–Kier alpha value is -2.82. The fourth-order valence-corrected chi connectivity index (χ4v) is 2.40. The van der Waals surface area contributed by atoms with E-state index in [-0.39, 0.29) is 12.5 Å². The third-order valence-corrected chi connectivity index (χ3v) is 3.83. The van der Waals surface area contributed by atoms with E-state index in [0.29, 0.717) is 12.3 Å². The van der Waals surface area contributed by atoms with Crippen molar-refractivity contribution in [3.8, 4) is 5.75 Å². The zero-order valence-electron chi connectivity index (χ0n) is 13.3. The minimum Gasteiger partial charge on any atom is -0.484 e. The monoisotopic (exact) mass is 309 g/mol. The molecule has 0 atom stereocenters. The van der Waals surface area contributed by atoms with E-state index in [0.717, 1.165) is 16.5 Å². The molecule has 0 fully saturated rings. The highest BCUT2D eigenvalue weighted by molar-refractivity contribution is 5.84. The number of rotatable bonds is 5. The van der Waals surface area contributed by atoms with Crippen LogP contribution in [-0.2, 0) is 18.4 Å². The van der Waals surface area contributed by atoms with Crippen molar-refractivity contribution in [1.29, 1.82) is 0 Å². The predicted molar refractivity (Wildman–Crippen MR) is 89.1 cm³/mol. The van der Waals surface area contributed by atoms with Gasteiger partial charge in [-0.05, 0) is 29.0 Å². The van der Waals surface area contributed by atoms with Crippen LogP contribution in [0, 0.1) is 0 Å². The van der Waals surface area contributed by atoms with E-state index in [9.17, 15) is 4.79 Å². The number of hydrogen-bond donors (Lipinski definition) is 0. The van der Waals surface area contributed by atoms with Crippen molar-refractivity contribution in [3.63, 3.8) is 0 Å². The maximum Gasteiger partial charge on any atom is 0.260 e. The third-order valence-electron chi connectivity index (χ3n) is 3.83. The largest absolute Gasteiger partial charge is 0.484 e. The van der Waals surface area contributed by atoms with Crippen molar-refractivity contribution in [2.75, 3.05) is 13.7 Å². The second-order valence-corrected chi connectivity index (χ2v) is 5.49. The van der Waals surface area contributed by atoms with Gasteiger partial charge in [0.1, 0.15) is 5.75 Å². The number of ether oxygens (including phenoxy) is 1. The average molecular weight is 309 g/mol. The van der Waals surface area contributed by atoms with Crippen LogP contribution in [0.3, 0.4) is 0 Å². The van der Waals surface area contributed by atoms with Crippen LogP contribution in [0.25, 0.3) is 10.8 Å². The Morgan fingerprint density at radius 1 is 1.17 bits per heavy atom. The van der Waals surface area contributed by atoms with E-state index >= 15 is 0 Å². The van der Waals surface area contributed by atoms with Crippen LogP contribution in [0.4, 0.5) is 0 Å². The lowest BCUT2D eigenvalue weighted by atomic mass is 10.1.